The van der Waals surface area contributed by atoms with E-state index in [1.54, 1.807) is 6.33 Å². The van der Waals surface area contributed by atoms with Crippen molar-refractivity contribution < 1.29 is 0 Å². The fourth-order valence-corrected chi connectivity index (χ4v) is 2.42. The number of aryl methyl sites for hydroxylation is 3. The van der Waals surface area contributed by atoms with Gasteiger partial charge in [-0.25, -0.2) is 9.50 Å². The maximum Gasteiger partial charge on any atom is 0.155 e. The first-order chi connectivity index (χ1) is 10.1. The molecule has 0 fully saturated rings. The second-order valence-corrected chi connectivity index (χ2v) is 5.32. The van der Waals surface area contributed by atoms with E-state index in [1.165, 1.54) is 0 Å². The zero-order valence-electron chi connectivity index (χ0n) is 12.7. The molecule has 0 bridgehead atoms. The van der Waals surface area contributed by atoms with Gasteiger partial charge < -0.3 is 9.88 Å². The number of aromatic nitrogens is 6. The van der Waals surface area contributed by atoms with Crippen LogP contribution in [0.5, 0.6) is 0 Å². The number of fused-ring (bicyclic) bond motifs is 1. The third-order valence-electron chi connectivity index (χ3n) is 3.72. The molecule has 3 aromatic heterocycles. The Morgan fingerprint density at radius 3 is 2.86 bits per heavy atom. The third-order valence-corrected chi connectivity index (χ3v) is 3.72. The Bertz CT molecular complexity index is 771. The fourth-order valence-electron chi connectivity index (χ4n) is 2.42. The van der Waals surface area contributed by atoms with E-state index in [1.807, 2.05) is 35.3 Å². The second kappa shape index (κ2) is 5.25. The smallest absolute Gasteiger partial charge is 0.155 e. The summed E-state index contributed by atoms with van der Waals surface area (Å²) in [5, 5.41) is 15.9. The second-order valence-electron chi connectivity index (χ2n) is 5.32. The number of nitrogens with one attached hydrogen (secondary N) is 1. The molecule has 0 saturated carbocycles. The normalized spacial score (nSPS) is 13.0. The number of rotatable bonds is 4. The molecular formula is C14H19N7. The Labute approximate surface area is 123 Å². The van der Waals surface area contributed by atoms with Gasteiger partial charge in [-0.05, 0) is 20.8 Å². The van der Waals surface area contributed by atoms with Crippen molar-refractivity contribution in [3.05, 3.63) is 41.4 Å². The van der Waals surface area contributed by atoms with Crippen molar-refractivity contribution in [2.24, 2.45) is 7.05 Å². The predicted octanol–water partition coefficient (Wildman–Crippen LogP) is 1.33. The molecule has 0 radical (unpaired) electrons. The van der Waals surface area contributed by atoms with Crippen molar-refractivity contribution in [1.82, 2.24) is 34.7 Å². The molecule has 0 amide bonds. The molecule has 3 rings (SSSR count). The van der Waals surface area contributed by atoms with E-state index in [-0.39, 0.29) is 6.04 Å². The minimum absolute atomic E-state index is 0.156. The van der Waals surface area contributed by atoms with Crippen molar-refractivity contribution in [2.75, 3.05) is 0 Å². The maximum absolute atomic E-state index is 4.48. The van der Waals surface area contributed by atoms with Gasteiger partial charge in [0.15, 0.2) is 5.65 Å². The van der Waals surface area contributed by atoms with Crippen LogP contribution in [0.4, 0.5) is 0 Å². The number of hydrogen-bond donors (Lipinski definition) is 1. The predicted molar refractivity (Wildman–Crippen MR) is 78.7 cm³/mol. The van der Waals surface area contributed by atoms with Crippen molar-refractivity contribution >= 4 is 5.65 Å². The van der Waals surface area contributed by atoms with Gasteiger partial charge in [0, 0.05) is 36.6 Å². The molecule has 0 aliphatic carbocycles. The molecule has 7 heteroatoms. The lowest BCUT2D eigenvalue weighted by Gasteiger charge is -2.16. The molecular weight excluding hydrogens is 266 g/mol. The third kappa shape index (κ3) is 2.52. The molecule has 0 spiro atoms. The van der Waals surface area contributed by atoms with Crippen molar-refractivity contribution in [3.63, 3.8) is 0 Å². The summed E-state index contributed by atoms with van der Waals surface area (Å²) in [7, 11) is 1.94. The Balaban J connectivity index is 1.82. The average Bonchev–Trinajstić information content (AvgIpc) is 3.02. The summed E-state index contributed by atoms with van der Waals surface area (Å²) >= 11 is 0. The van der Waals surface area contributed by atoms with Crippen molar-refractivity contribution in [3.8, 4) is 0 Å². The highest BCUT2D eigenvalue weighted by atomic mass is 15.3. The van der Waals surface area contributed by atoms with Crippen molar-refractivity contribution in [2.45, 2.75) is 33.4 Å². The SMILES string of the molecule is Cc1cc2ncc(C(C)NCc3nncn3C)c(C)n2n1. The highest BCUT2D eigenvalue weighted by Crippen LogP contribution is 2.18. The van der Waals surface area contributed by atoms with Gasteiger partial charge in [-0.3, -0.25) is 0 Å². The lowest BCUT2D eigenvalue weighted by molar-refractivity contribution is 0.541. The van der Waals surface area contributed by atoms with Crippen LogP contribution in [-0.4, -0.2) is 29.4 Å². The molecule has 7 nitrogen and oxygen atoms in total. The topological polar surface area (TPSA) is 72.9 Å². The Morgan fingerprint density at radius 1 is 1.33 bits per heavy atom. The Kier molecular flexibility index (Phi) is 3.42. The molecule has 3 heterocycles. The summed E-state index contributed by atoms with van der Waals surface area (Å²) in [6.45, 7) is 6.82. The van der Waals surface area contributed by atoms with Gasteiger partial charge in [-0.1, -0.05) is 0 Å². The minimum Gasteiger partial charge on any atom is -0.320 e. The molecule has 1 atom stereocenters. The lowest BCUT2D eigenvalue weighted by Crippen LogP contribution is -2.22. The first-order valence-corrected chi connectivity index (χ1v) is 6.94. The Hall–Kier alpha value is -2.28. The van der Waals surface area contributed by atoms with Crippen LogP contribution in [0.15, 0.2) is 18.6 Å². The van der Waals surface area contributed by atoms with Gasteiger partial charge in [0.1, 0.15) is 12.2 Å². The van der Waals surface area contributed by atoms with Crippen LogP contribution in [0.25, 0.3) is 5.65 Å². The van der Waals surface area contributed by atoms with Gasteiger partial charge in [0.25, 0.3) is 0 Å². The highest BCUT2D eigenvalue weighted by Gasteiger charge is 2.13. The van der Waals surface area contributed by atoms with Crippen LogP contribution >= 0.6 is 0 Å². The summed E-state index contributed by atoms with van der Waals surface area (Å²) in [6, 6.07) is 2.14. The van der Waals surface area contributed by atoms with E-state index >= 15 is 0 Å². The molecule has 3 aromatic rings. The van der Waals surface area contributed by atoms with E-state index < -0.39 is 0 Å². The van der Waals surface area contributed by atoms with Gasteiger partial charge in [0.05, 0.1) is 12.2 Å². The van der Waals surface area contributed by atoms with Gasteiger partial charge >= 0.3 is 0 Å². The molecule has 110 valence electrons. The summed E-state index contributed by atoms with van der Waals surface area (Å²) in [6.07, 6.45) is 3.62. The highest BCUT2D eigenvalue weighted by molar-refractivity contribution is 5.42. The fraction of sp³-hybridized carbons (Fsp3) is 0.429. The first-order valence-electron chi connectivity index (χ1n) is 6.94. The van der Waals surface area contributed by atoms with Crippen LogP contribution in [0.3, 0.4) is 0 Å². The quantitative estimate of drug-likeness (QED) is 0.783. The number of hydrogen-bond acceptors (Lipinski definition) is 5. The summed E-state index contributed by atoms with van der Waals surface area (Å²) in [5.41, 5.74) is 4.09. The van der Waals surface area contributed by atoms with Gasteiger partial charge in [0.2, 0.25) is 0 Å². The van der Waals surface area contributed by atoms with Gasteiger partial charge in [-0.2, -0.15) is 5.10 Å². The van der Waals surface area contributed by atoms with E-state index in [0.717, 1.165) is 28.4 Å². The lowest BCUT2D eigenvalue weighted by atomic mass is 10.1. The van der Waals surface area contributed by atoms with Crippen LogP contribution in [0.1, 0.15) is 35.7 Å². The van der Waals surface area contributed by atoms with E-state index in [0.29, 0.717) is 6.54 Å². The molecule has 0 aliphatic heterocycles. The standard InChI is InChI=1S/C14H19N7/c1-9-5-13-16-6-12(11(3)21(13)19-9)10(2)15-7-14-18-17-8-20(14)4/h5-6,8,10,15H,7H2,1-4H3. The number of nitrogens with zero attached hydrogens (tertiary/aromatic N) is 6. The zero-order chi connectivity index (χ0) is 15.0. The average molecular weight is 285 g/mol. The summed E-state index contributed by atoms with van der Waals surface area (Å²) < 4.78 is 3.80. The Morgan fingerprint density at radius 2 is 2.14 bits per heavy atom. The summed E-state index contributed by atoms with van der Waals surface area (Å²) in [5.74, 6) is 0.906. The molecule has 1 unspecified atom stereocenters. The molecule has 21 heavy (non-hydrogen) atoms. The van der Waals surface area contributed by atoms with Crippen molar-refractivity contribution in [1.29, 1.82) is 0 Å². The van der Waals surface area contributed by atoms with E-state index in [9.17, 15) is 0 Å². The first kappa shape index (κ1) is 13.7. The van der Waals surface area contributed by atoms with Crippen LogP contribution in [0.2, 0.25) is 0 Å². The molecule has 0 saturated heterocycles. The monoisotopic (exact) mass is 285 g/mol. The molecule has 1 N–H and O–H groups in total. The molecule has 0 aromatic carbocycles. The van der Waals surface area contributed by atoms with E-state index in [2.05, 4.69) is 39.4 Å². The summed E-state index contributed by atoms with van der Waals surface area (Å²) in [4.78, 5) is 4.47. The van der Waals surface area contributed by atoms with Gasteiger partial charge in [-0.15, -0.1) is 10.2 Å². The van der Waals surface area contributed by atoms with Crippen LogP contribution < -0.4 is 5.32 Å². The maximum atomic E-state index is 4.48. The van der Waals surface area contributed by atoms with Crippen LogP contribution in [-0.2, 0) is 13.6 Å². The minimum atomic E-state index is 0.156. The zero-order valence-corrected chi connectivity index (χ0v) is 12.7. The molecule has 0 aliphatic rings. The largest absolute Gasteiger partial charge is 0.320 e. The van der Waals surface area contributed by atoms with E-state index in [4.69, 9.17) is 0 Å². The van der Waals surface area contributed by atoms with Crippen LogP contribution in [0, 0.1) is 13.8 Å².